The van der Waals surface area contributed by atoms with Crippen molar-refractivity contribution in [2.24, 2.45) is 11.5 Å². The first-order valence-electron chi connectivity index (χ1n) is 10.3. The molecule has 172 valence electrons. The van der Waals surface area contributed by atoms with E-state index in [0.717, 1.165) is 5.56 Å². The zero-order valence-corrected chi connectivity index (χ0v) is 18.0. The predicted octanol–water partition coefficient (Wildman–Crippen LogP) is -0.736. The first kappa shape index (κ1) is 26.1. The van der Waals surface area contributed by atoms with Gasteiger partial charge in [0, 0.05) is 6.42 Å². The number of benzene rings is 1. The summed E-state index contributed by atoms with van der Waals surface area (Å²) in [5.74, 6) is -2.86. The zero-order valence-electron chi connectivity index (χ0n) is 18.0. The van der Waals surface area contributed by atoms with Crippen molar-refractivity contribution in [3.8, 4) is 0 Å². The van der Waals surface area contributed by atoms with Crippen LogP contribution in [0.4, 0.5) is 0 Å². The van der Waals surface area contributed by atoms with E-state index in [4.69, 9.17) is 11.5 Å². The number of carbonyl (C=O) groups is 4. The average Bonchev–Trinajstić information content (AvgIpc) is 2.72. The van der Waals surface area contributed by atoms with Gasteiger partial charge in [0.1, 0.15) is 18.1 Å². The van der Waals surface area contributed by atoms with Crippen molar-refractivity contribution >= 4 is 23.7 Å². The first-order valence-corrected chi connectivity index (χ1v) is 10.3. The third-order valence-electron chi connectivity index (χ3n) is 4.64. The Hall–Kier alpha value is -2.98. The van der Waals surface area contributed by atoms with Gasteiger partial charge < -0.3 is 32.5 Å². The van der Waals surface area contributed by atoms with Crippen molar-refractivity contribution in [2.45, 2.75) is 63.7 Å². The Morgan fingerprint density at radius 1 is 0.903 bits per heavy atom. The van der Waals surface area contributed by atoms with Crippen molar-refractivity contribution < 1.29 is 24.3 Å². The number of rotatable bonds is 13. The molecule has 4 atom stereocenters. The Morgan fingerprint density at radius 3 is 2.06 bits per heavy atom. The Morgan fingerprint density at radius 2 is 1.52 bits per heavy atom. The van der Waals surface area contributed by atoms with Crippen LogP contribution in [0.2, 0.25) is 0 Å². The highest BCUT2D eigenvalue weighted by Crippen LogP contribution is 2.05. The summed E-state index contributed by atoms with van der Waals surface area (Å²) in [6.07, 6.45) is 1.72. The Kier molecular flexibility index (Phi) is 11.2. The van der Waals surface area contributed by atoms with E-state index in [1.54, 1.807) is 24.3 Å². The Bertz CT molecular complexity index is 741. The van der Waals surface area contributed by atoms with Crippen LogP contribution in [0.1, 0.15) is 38.7 Å². The highest BCUT2D eigenvalue weighted by atomic mass is 16.4. The first-order chi connectivity index (χ1) is 14.6. The largest absolute Gasteiger partial charge is 0.480 e. The van der Waals surface area contributed by atoms with Crippen LogP contribution in [-0.4, -0.2) is 59.5 Å². The summed E-state index contributed by atoms with van der Waals surface area (Å²) < 4.78 is 0. The molecule has 1 aromatic rings. The average molecular weight is 436 g/mol. The van der Waals surface area contributed by atoms with Gasteiger partial charge in [-0.15, -0.1) is 0 Å². The summed E-state index contributed by atoms with van der Waals surface area (Å²) in [6, 6.07) is 5.08. The van der Waals surface area contributed by atoms with E-state index in [9.17, 15) is 24.3 Å². The maximum Gasteiger partial charge on any atom is 0.326 e. The van der Waals surface area contributed by atoms with Crippen LogP contribution in [0.5, 0.6) is 0 Å². The molecule has 4 unspecified atom stereocenters. The molecule has 0 aliphatic carbocycles. The van der Waals surface area contributed by atoms with Crippen LogP contribution in [-0.2, 0) is 25.6 Å². The van der Waals surface area contributed by atoms with Gasteiger partial charge in [-0.3, -0.25) is 14.4 Å². The minimum atomic E-state index is -1.18. The maximum absolute atomic E-state index is 12.6. The van der Waals surface area contributed by atoms with Gasteiger partial charge in [-0.25, -0.2) is 4.79 Å². The van der Waals surface area contributed by atoms with Gasteiger partial charge in [-0.05, 0) is 45.2 Å². The lowest BCUT2D eigenvalue weighted by Gasteiger charge is -2.23. The number of nitrogens with one attached hydrogen (secondary N) is 3. The van der Waals surface area contributed by atoms with Crippen LogP contribution in [0.3, 0.4) is 0 Å². The molecule has 0 spiro atoms. The van der Waals surface area contributed by atoms with E-state index in [1.807, 2.05) is 6.07 Å². The quantitative estimate of drug-likeness (QED) is 0.221. The number of hydrogen-bond acceptors (Lipinski definition) is 6. The number of nitrogens with two attached hydrogens (primary N) is 2. The molecule has 10 nitrogen and oxygen atoms in total. The molecular formula is C21H33N5O5. The lowest BCUT2D eigenvalue weighted by Crippen LogP contribution is -2.56. The Balaban J connectivity index is 2.73. The molecule has 10 heteroatoms. The van der Waals surface area contributed by atoms with Crippen LogP contribution in [0.25, 0.3) is 0 Å². The molecule has 0 bridgehead atoms. The summed E-state index contributed by atoms with van der Waals surface area (Å²) in [5.41, 5.74) is 11.8. The number of carboxylic acids is 1. The van der Waals surface area contributed by atoms with Gasteiger partial charge in [0.15, 0.2) is 0 Å². The van der Waals surface area contributed by atoms with E-state index in [1.165, 1.54) is 13.8 Å². The second-order valence-electron chi connectivity index (χ2n) is 7.45. The fraction of sp³-hybridized carbons (Fsp3) is 0.524. The van der Waals surface area contributed by atoms with Crippen LogP contribution >= 0.6 is 0 Å². The lowest BCUT2D eigenvalue weighted by atomic mass is 10.1. The third-order valence-corrected chi connectivity index (χ3v) is 4.64. The molecule has 8 N–H and O–H groups in total. The molecule has 0 aliphatic rings. The monoisotopic (exact) mass is 435 g/mol. The fourth-order valence-corrected chi connectivity index (χ4v) is 2.79. The molecule has 1 rings (SSSR count). The van der Waals surface area contributed by atoms with Gasteiger partial charge in [0.05, 0.1) is 6.04 Å². The number of hydrogen-bond donors (Lipinski definition) is 6. The molecule has 0 aromatic heterocycles. The van der Waals surface area contributed by atoms with E-state index in [2.05, 4.69) is 16.0 Å². The second-order valence-corrected chi connectivity index (χ2v) is 7.45. The van der Waals surface area contributed by atoms with Crippen molar-refractivity contribution in [3.05, 3.63) is 35.9 Å². The third kappa shape index (κ3) is 9.58. The maximum atomic E-state index is 12.6. The smallest absolute Gasteiger partial charge is 0.326 e. The number of amides is 3. The van der Waals surface area contributed by atoms with Gasteiger partial charge in [-0.2, -0.15) is 0 Å². The van der Waals surface area contributed by atoms with E-state index in [-0.39, 0.29) is 6.42 Å². The molecule has 0 fully saturated rings. The second kappa shape index (κ2) is 13.3. The molecule has 0 aliphatic heterocycles. The summed E-state index contributed by atoms with van der Waals surface area (Å²) in [5, 5.41) is 17.0. The molecular weight excluding hydrogens is 402 g/mol. The summed E-state index contributed by atoms with van der Waals surface area (Å²) in [7, 11) is 0. The van der Waals surface area contributed by atoms with E-state index >= 15 is 0 Å². The summed E-state index contributed by atoms with van der Waals surface area (Å²) in [6.45, 7) is 3.39. The topological polar surface area (TPSA) is 177 Å². The van der Waals surface area contributed by atoms with E-state index < -0.39 is 47.9 Å². The zero-order chi connectivity index (χ0) is 23.4. The van der Waals surface area contributed by atoms with Crippen molar-refractivity contribution in [1.82, 2.24) is 16.0 Å². The number of unbranched alkanes of at least 4 members (excludes halogenated alkanes) is 1. The minimum absolute atomic E-state index is 0.106. The number of aliphatic carboxylic acids is 1. The van der Waals surface area contributed by atoms with Crippen molar-refractivity contribution in [2.75, 3.05) is 6.54 Å². The normalized spacial score (nSPS) is 14.6. The highest BCUT2D eigenvalue weighted by molar-refractivity contribution is 5.93. The number of carbonyl (C=O) groups excluding carboxylic acids is 3. The van der Waals surface area contributed by atoms with Gasteiger partial charge >= 0.3 is 5.97 Å². The molecule has 0 saturated carbocycles. The molecule has 3 amide bonds. The van der Waals surface area contributed by atoms with Crippen LogP contribution in [0, 0.1) is 0 Å². The Labute approximate surface area is 182 Å². The summed E-state index contributed by atoms with van der Waals surface area (Å²) in [4.78, 5) is 48.6. The van der Waals surface area contributed by atoms with Crippen molar-refractivity contribution in [3.63, 3.8) is 0 Å². The fourth-order valence-electron chi connectivity index (χ4n) is 2.79. The van der Waals surface area contributed by atoms with Crippen LogP contribution in [0.15, 0.2) is 30.3 Å². The minimum Gasteiger partial charge on any atom is -0.480 e. The number of carboxylic acid groups (broad SMARTS) is 1. The molecule has 0 saturated heterocycles. The molecule has 0 heterocycles. The molecule has 0 radical (unpaired) electrons. The van der Waals surface area contributed by atoms with E-state index in [0.29, 0.717) is 25.8 Å². The summed E-state index contributed by atoms with van der Waals surface area (Å²) >= 11 is 0. The van der Waals surface area contributed by atoms with Gasteiger partial charge in [-0.1, -0.05) is 30.3 Å². The predicted molar refractivity (Wildman–Crippen MR) is 116 cm³/mol. The molecule has 31 heavy (non-hydrogen) atoms. The van der Waals surface area contributed by atoms with Gasteiger partial charge in [0.2, 0.25) is 17.7 Å². The van der Waals surface area contributed by atoms with Crippen LogP contribution < -0.4 is 27.4 Å². The van der Waals surface area contributed by atoms with Gasteiger partial charge in [0.25, 0.3) is 0 Å². The highest BCUT2D eigenvalue weighted by Gasteiger charge is 2.27. The standard InChI is InChI=1S/C21H33N5O5/c1-13(23)18(27)25-16(10-6-7-11-22)20(29)24-14(2)19(28)26-17(21(30)31)12-15-8-4-3-5-9-15/h3-5,8-9,13-14,16-17H,6-7,10-12,22-23H2,1-2H3,(H,24,29)(H,25,27)(H,26,28)(H,30,31). The lowest BCUT2D eigenvalue weighted by molar-refractivity contribution is -0.142. The SMILES string of the molecule is CC(N)C(=O)NC(CCCCN)C(=O)NC(C)C(=O)NC(Cc1ccccc1)C(=O)O. The van der Waals surface area contributed by atoms with Crippen molar-refractivity contribution in [1.29, 1.82) is 0 Å². The molecule has 1 aromatic carbocycles.